The van der Waals surface area contributed by atoms with Gasteiger partial charge in [0.15, 0.2) is 5.78 Å². The molecule has 4 rings (SSSR count). The third kappa shape index (κ3) is 5.61. The van der Waals surface area contributed by atoms with Crippen LogP contribution in [0.4, 0.5) is 0 Å². The number of carbonyl (C=O) groups is 1. The average Bonchev–Trinajstić information content (AvgIpc) is 3.17. The molecule has 0 fully saturated rings. The molecule has 7 heteroatoms. The molecule has 2 aromatic heterocycles. The summed E-state index contributed by atoms with van der Waals surface area (Å²) in [6.45, 7) is 4.57. The minimum Gasteiger partial charge on any atom is -0.347 e. The SMILES string of the molecule is CC(=O)c1ccc2c(c1)c(CCNS(=O)(=O)c1ccc(C)cc1)cn2CCCc1cccnc1. The maximum atomic E-state index is 12.7. The fourth-order valence-electron chi connectivity index (χ4n) is 4.09. The summed E-state index contributed by atoms with van der Waals surface area (Å²) in [5, 5.41) is 0.989. The lowest BCUT2D eigenvalue weighted by molar-refractivity contribution is 0.101. The number of aromatic nitrogens is 2. The number of aryl methyl sites for hydroxylation is 3. The smallest absolute Gasteiger partial charge is 0.240 e. The van der Waals surface area contributed by atoms with Crippen LogP contribution < -0.4 is 4.72 Å². The molecule has 0 amide bonds. The quantitative estimate of drug-likeness (QED) is 0.337. The van der Waals surface area contributed by atoms with E-state index < -0.39 is 10.0 Å². The van der Waals surface area contributed by atoms with Crippen LogP contribution in [0.25, 0.3) is 10.9 Å². The minimum atomic E-state index is -3.58. The predicted molar refractivity (Wildman–Crippen MR) is 135 cm³/mol. The van der Waals surface area contributed by atoms with Gasteiger partial charge >= 0.3 is 0 Å². The first-order valence-electron chi connectivity index (χ1n) is 11.4. The second-order valence-corrected chi connectivity index (χ2v) is 10.3. The molecule has 176 valence electrons. The number of sulfonamides is 1. The molecular weight excluding hydrogens is 446 g/mol. The van der Waals surface area contributed by atoms with Crippen molar-refractivity contribution in [3.05, 3.63) is 95.4 Å². The molecule has 0 bridgehead atoms. The maximum Gasteiger partial charge on any atom is 0.240 e. The maximum absolute atomic E-state index is 12.7. The van der Waals surface area contributed by atoms with Gasteiger partial charge in [-0.3, -0.25) is 9.78 Å². The van der Waals surface area contributed by atoms with Crippen LogP contribution in [0.1, 0.15) is 40.4 Å². The van der Waals surface area contributed by atoms with E-state index in [-0.39, 0.29) is 17.2 Å². The van der Waals surface area contributed by atoms with Gasteiger partial charge in [-0.05, 0) is 80.6 Å². The monoisotopic (exact) mass is 475 g/mol. The molecule has 0 spiro atoms. The highest BCUT2D eigenvalue weighted by Gasteiger charge is 2.15. The number of carbonyl (C=O) groups excluding carboxylic acids is 1. The summed E-state index contributed by atoms with van der Waals surface area (Å²) in [6, 6.07) is 16.6. The van der Waals surface area contributed by atoms with Gasteiger partial charge in [-0.25, -0.2) is 13.1 Å². The van der Waals surface area contributed by atoms with Gasteiger partial charge in [0.1, 0.15) is 0 Å². The number of nitrogens with zero attached hydrogens (tertiary/aromatic N) is 2. The molecule has 2 heterocycles. The Morgan fingerprint density at radius 2 is 1.85 bits per heavy atom. The van der Waals surface area contributed by atoms with Crippen molar-refractivity contribution >= 4 is 26.7 Å². The summed E-state index contributed by atoms with van der Waals surface area (Å²) >= 11 is 0. The lowest BCUT2D eigenvalue weighted by Crippen LogP contribution is -2.25. The van der Waals surface area contributed by atoms with Crippen LogP contribution in [0.3, 0.4) is 0 Å². The molecule has 0 saturated heterocycles. The van der Waals surface area contributed by atoms with Crippen molar-refractivity contribution in [2.75, 3.05) is 6.54 Å². The van der Waals surface area contributed by atoms with E-state index in [2.05, 4.69) is 26.5 Å². The number of fused-ring (bicyclic) bond motifs is 1. The zero-order valence-electron chi connectivity index (χ0n) is 19.5. The number of benzene rings is 2. The van der Waals surface area contributed by atoms with Crippen LogP contribution in [0.5, 0.6) is 0 Å². The number of pyridine rings is 1. The van der Waals surface area contributed by atoms with Gasteiger partial charge in [0.2, 0.25) is 10.0 Å². The van der Waals surface area contributed by atoms with Gasteiger partial charge in [-0.15, -0.1) is 0 Å². The molecule has 34 heavy (non-hydrogen) atoms. The summed E-state index contributed by atoms with van der Waals surface area (Å²) in [5.41, 5.74) is 4.93. The van der Waals surface area contributed by atoms with Crippen LogP contribution in [0.15, 0.2) is 78.1 Å². The molecule has 4 aromatic rings. The van der Waals surface area contributed by atoms with Gasteiger partial charge in [0, 0.05) is 48.1 Å². The van der Waals surface area contributed by atoms with E-state index in [0.717, 1.165) is 41.4 Å². The largest absolute Gasteiger partial charge is 0.347 e. The van der Waals surface area contributed by atoms with Crippen molar-refractivity contribution in [2.24, 2.45) is 0 Å². The van der Waals surface area contributed by atoms with Gasteiger partial charge in [0.25, 0.3) is 0 Å². The Hall–Kier alpha value is -3.29. The number of ketones is 1. The van der Waals surface area contributed by atoms with Crippen molar-refractivity contribution in [1.29, 1.82) is 0 Å². The number of nitrogens with one attached hydrogen (secondary N) is 1. The standard InChI is InChI=1S/C27H29N3O3S/c1-20-7-10-25(11-8-20)34(32,33)29-15-13-24-19-30(16-4-6-22-5-3-14-28-18-22)27-12-9-23(21(2)31)17-26(24)27/h3,5,7-12,14,17-19,29H,4,6,13,15-16H2,1-2H3. The lowest BCUT2D eigenvalue weighted by atomic mass is 10.1. The topological polar surface area (TPSA) is 81.1 Å². The van der Waals surface area contributed by atoms with Crippen molar-refractivity contribution in [2.45, 2.75) is 44.6 Å². The third-order valence-corrected chi connectivity index (χ3v) is 7.45. The van der Waals surface area contributed by atoms with Crippen LogP contribution >= 0.6 is 0 Å². The predicted octanol–water partition coefficient (Wildman–Crippen LogP) is 4.70. The molecule has 0 aliphatic heterocycles. The minimum absolute atomic E-state index is 0.0113. The number of Topliss-reactive ketones (excluding diaryl/α,β-unsaturated/α-hetero) is 1. The molecule has 0 saturated carbocycles. The summed E-state index contributed by atoms with van der Waals surface area (Å²) in [5.74, 6) is 0.0113. The molecule has 0 aliphatic carbocycles. The zero-order chi connectivity index (χ0) is 24.1. The Kier molecular flexibility index (Phi) is 7.24. The first-order chi connectivity index (χ1) is 16.3. The van der Waals surface area contributed by atoms with Gasteiger partial charge in [0.05, 0.1) is 4.90 Å². The molecule has 2 aromatic carbocycles. The Balaban J connectivity index is 1.51. The highest BCUT2D eigenvalue weighted by Crippen LogP contribution is 2.24. The Morgan fingerprint density at radius 1 is 1.06 bits per heavy atom. The molecule has 0 aliphatic rings. The summed E-state index contributed by atoms with van der Waals surface area (Å²) in [6.07, 6.45) is 8.14. The van der Waals surface area contributed by atoms with Crippen molar-refractivity contribution < 1.29 is 13.2 Å². The van der Waals surface area contributed by atoms with Crippen molar-refractivity contribution in [1.82, 2.24) is 14.3 Å². The van der Waals surface area contributed by atoms with Crippen LogP contribution in [-0.2, 0) is 29.4 Å². The van der Waals surface area contributed by atoms with E-state index in [1.807, 2.05) is 37.4 Å². The van der Waals surface area contributed by atoms with Crippen LogP contribution in [0.2, 0.25) is 0 Å². The Labute approximate surface area is 200 Å². The van der Waals surface area contributed by atoms with E-state index in [1.54, 1.807) is 37.4 Å². The summed E-state index contributed by atoms with van der Waals surface area (Å²) < 4.78 is 30.2. The molecule has 6 nitrogen and oxygen atoms in total. The highest BCUT2D eigenvalue weighted by atomic mass is 32.2. The third-order valence-electron chi connectivity index (χ3n) is 5.98. The van der Waals surface area contributed by atoms with Crippen LogP contribution in [-0.4, -0.2) is 30.3 Å². The highest BCUT2D eigenvalue weighted by molar-refractivity contribution is 7.89. The fraction of sp³-hybridized carbons (Fsp3) is 0.259. The lowest BCUT2D eigenvalue weighted by Gasteiger charge is -2.07. The number of hydrogen-bond donors (Lipinski definition) is 1. The Morgan fingerprint density at radius 3 is 2.56 bits per heavy atom. The molecule has 0 atom stereocenters. The van der Waals surface area contributed by atoms with Crippen molar-refractivity contribution in [3.63, 3.8) is 0 Å². The molecular formula is C27H29N3O3S. The van der Waals surface area contributed by atoms with E-state index in [0.29, 0.717) is 12.0 Å². The van der Waals surface area contributed by atoms with Gasteiger partial charge in [-0.1, -0.05) is 23.8 Å². The number of hydrogen-bond acceptors (Lipinski definition) is 4. The fourth-order valence-corrected chi connectivity index (χ4v) is 5.13. The van der Waals surface area contributed by atoms with E-state index in [9.17, 15) is 13.2 Å². The van der Waals surface area contributed by atoms with E-state index in [4.69, 9.17) is 0 Å². The summed E-state index contributed by atoms with van der Waals surface area (Å²) in [7, 11) is -3.58. The van der Waals surface area contributed by atoms with Gasteiger partial charge in [-0.2, -0.15) is 0 Å². The first kappa shape index (κ1) is 23.9. The normalized spacial score (nSPS) is 11.7. The van der Waals surface area contributed by atoms with E-state index >= 15 is 0 Å². The zero-order valence-corrected chi connectivity index (χ0v) is 20.3. The van der Waals surface area contributed by atoms with Crippen LogP contribution in [0, 0.1) is 6.92 Å². The molecule has 0 radical (unpaired) electrons. The van der Waals surface area contributed by atoms with Gasteiger partial charge < -0.3 is 4.57 Å². The van der Waals surface area contributed by atoms with E-state index in [1.165, 1.54) is 5.56 Å². The molecule has 1 N–H and O–H groups in total. The van der Waals surface area contributed by atoms with Crippen molar-refractivity contribution in [3.8, 4) is 0 Å². The Bertz CT molecular complexity index is 1390. The second-order valence-electron chi connectivity index (χ2n) is 8.56. The molecule has 0 unspecified atom stereocenters. The average molecular weight is 476 g/mol. The summed E-state index contributed by atoms with van der Waals surface area (Å²) in [4.78, 5) is 16.4. The first-order valence-corrected chi connectivity index (χ1v) is 12.9. The second kappa shape index (κ2) is 10.3. The number of rotatable bonds is 10.